The Morgan fingerprint density at radius 3 is 3.16 bits per heavy atom. The van der Waals surface area contributed by atoms with Crippen LogP contribution in [0.1, 0.15) is 5.56 Å². The average Bonchev–Trinajstić information content (AvgIpc) is 2.83. The number of ether oxygens (including phenoxy) is 1. The molecule has 5 nitrogen and oxygen atoms in total. The molecule has 100 valence electrons. The summed E-state index contributed by atoms with van der Waals surface area (Å²) in [6.45, 7) is 2.43. The summed E-state index contributed by atoms with van der Waals surface area (Å²) in [7, 11) is 0. The van der Waals surface area contributed by atoms with E-state index in [4.69, 9.17) is 9.84 Å². The maximum atomic E-state index is 11.0. The number of nitrogens with one attached hydrogen (secondary N) is 1. The molecule has 1 unspecified atom stereocenters. The van der Waals surface area contributed by atoms with Crippen LogP contribution in [0.25, 0.3) is 10.9 Å². The average molecular weight is 260 g/mol. The molecule has 1 aromatic heterocycles. The molecule has 1 saturated heterocycles. The number of nitrogens with zero attached hydrogens (tertiary/aromatic N) is 1. The molecule has 0 aliphatic carbocycles. The van der Waals surface area contributed by atoms with Gasteiger partial charge in [0.2, 0.25) is 0 Å². The van der Waals surface area contributed by atoms with Crippen molar-refractivity contribution in [2.75, 3.05) is 19.7 Å². The fourth-order valence-corrected chi connectivity index (χ4v) is 2.50. The predicted molar refractivity (Wildman–Crippen MR) is 71.0 cm³/mol. The van der Waals surface area contributed by atoms with Crippen molar-refractivity contribution >= 4 is 16.9 Å². The summed E-state index contributed by atoms with van der Waals surface area (Å²) in [5.74, 6) is -0.886. The van der Waals surface area contributed by atoms with Gasteiger partial charge in [-0.25, -0.2) is 4.79 Å². The largest absolute Gasteiger partial charge is 0.479 e. The normalized spacial score (nSPS) is 20.7. The van der Waals surface area contributed by atoms with Gasteiger partial charge in [0.25, 0.3) is 0 Å². The number of hydrogen-bond acceptors (Lipinski definition) is 3. The van der Waals surface area contributed by atoms with Crippen molar-refractivity contribution in [3.63, 3.8) is 0 Å². The van der Waals surface area contributed by atoms with Crippen molar-refractivity contribution in [2.45, 2.75) is 12.6 Å². The minimum absolute atomic E-state index is 0.439. The molecule has 1 fully saturated rings. The van der Waals surface area contributed by atoms with Gasteiger partial charge in [-0.15, -0.1) is 0 Å². The van der Waals surface area contributed by atoms with Crippen LogP contribution in [0, 0.1) is 0 Å². The summed E-state index contributed by atoms with van der Waals surface area (Å²) in [5.41, 5.74) is 2.31. The minimum Gasteiger partial charge on any atom is -0.479 e. The molecule has 1 aliphatic rings. The van der Waals surface area contributed by atoms with Crippen LogP contribution in [0.15, 0.2) is 30.5 Å². The van der Waals surface area contributed by atoms with Gasteiger partial charge in [0.05, 0.1) is 6.61 Å². The van der Waals surface area contributed by atoms with E-state index in [0.29, 0.717) is 13.2 Å². The van der Waals surface area contributed by atoms with E-state index in [2.05, 4.69) is 16.0 Å². The summed E-state index contributed by atoms with van der Waals surface area (Å²) < 4.78 is 5.23. The van der Waals surface area contributed by atoms with Crippen molar-refractivity contribution < 1.29 is 14.6 Å². The first kappa shape index (κ1) is 12.2. The fourth-order valence-electron chi connectivity index (χ4n) is 2.50. The zero-order valence-corrected chi connectivity index (χ0v) is 10.5. The number of H-pyrrole nitrogens is 1. The van der Waals surface area contributed by atoms with Crippen LogP contribution in [0.2, 0.25) is 0 Å². The lowest BCUT2D eigenvalue weighted by atomic mass is 10.1. The number of aliphatic carboxylic acids is 1. The second kappa shape index (κ2) is 5.03. The Morgan fingerprint density at radius 1 is 1.47 bits per heavy atom. The maximum Gasteiger partial charge on any atom is 0.334 e. The minimum atomic E-state index is -0.886. The van der Waals surface area contributed by atoms with Crippen molar-refractivity contribution in [3.05, 3.63) is 36.0 Å². The standard InChI is InChI=1S/C14H16N2O3/c17-14(18)13-9-16(5-6-19-13)8-10-7-15-12-4-2-1-3-11(10)12/h1-4,7,13,15H,5-6,8-9H2,(H,17,18). The molecule has 0 bridgehead atoms. The molecule has 3 rings (SSSR count). The Kier molecular flexibility index (Phi) is 3.23. The van der Waals surface area contributed by atoms with E-state index in [1.54, 1.807) is 0 Å². The molecule has 0 amide bonds. The number of carbonyl (C=O) groups is 1. The Balaban J connectivity index is 1.76. The highest BCUT2D eigenvalue weighted by Crippen LogP contribution is 2.20. The van der Waals surface area contributed by atoms with Gasteiger partial charge >= 0.3 is 5.97 Å². The highest BCUT2D eigenvalue weighted by molar-refractivity contribution is 5.83. The topological polar surface area (TPSA) is 65.6 Å². The predicted octanol–water partition coefficient (Wildman–Crippen LogP) is 1.45. The van der Waals surface area contributed by atoms with Gasteiger partial charge in [-0.2, -0.15) is 0 Å². The smallest absolute Gasteiger partial charge is 0.334 e. The van der Waals surface area contributed by atoms with E-state index < -0.39 is 12.1 Å². The van der Waals surface area contributed by atoms with E-state index in [0.717, 1.165) is 18.6 Å². The number of fused-ring (bicyclic) bond motifs is 1. The number of morpholine rings is 1. The lowest BCUT2D eigenvalue weighted by Gasteiger charge is -2.30. The molecule has 1 aliphatic heterocycles. The number of para-hydroxylation sites is 1. The first-order chi connectivity index (χ1) is 9.24. The van der Waals surface area contributed by atoms with Gasteiger partial charge in [-0.05, 0) is 11.6 Å². The molecule has 2 aromatic rings. The molecule has 19 heavy (non-hydrogen) atoms. The fraction of sp³-hybridized carbons (Fsp3) is 0.357. The Labute approximate surface area is 110 Å². The lowest BCUT2D eigenvalue weighted by Crippen LogP contribution is -2.45. The molecule has 1 atom stereocenters. The lowest BCUT2D eigenvalue weighted by molar-refractivity contribution is -0.156. The van der Waals surface area contributed by atoms with Gasteiger partial charge < -0.3 is 14.8 Å². The second-order valence-electron chi connectivity index (χ2n) is 4.79. The van der Waals surface area contributed by atoms with E-state index in [9.17, 15) is 4.79 Å². The summed E-state index contributed by atoms with van der Waals surface area (Å²) in [6.07, 6.45) is 1.29. The zero-order chi connectivity index (χ0) is 13.2. The van der Waals surface area contributed by atoms with Crippen LogP contribution in [0.3, 0.4) is 0 Å². The van der Waals surface area contributed by atoms with Crippen molar-refractivity contribution in [1.29, 1.82) is 0 Å². The van der Waals surface area contributed by atoms with Crippen molar-refractivity contribution in [1.82, 2.24) is 9.88 Å². The molecule has 0 spiro atoms. The quantitative estimate of drug-likeness (QED) is 0.876. The van der Waals surface area contributed by atoms with Crippen LogP contribution in [-0.4, -0.2) is 46.8 Å². The van der Waals surface area contributed by atoms with Crippen molar-refractivity contribution in [3.8, 4) is 0 Å². The molecule has 0 radical (unpaired) electrons. The molecule has 2 N–H and O–H groups in total. The molecular weight excluding hydrogens is 244 g/mol. The van der Waals surface area contributed by atoms with Crippen LogP contribution in [0.4, 0.5) is 0 Å². The molecule has 0 saturated carbocycles. The third-order valence-corrected chi connectivity index (χ3v) is 3.49. The van der Waals surface area contributed by atoms with Gasteiger partial charge in [0.1, 0.15) is 0 Å². The summed E-state index contributed by atoms with van der Waals surface area (Å²) >= 11 is 0. The summed E-state index contributed by atoms with van der Waals surface area (Å²) in [6, 6.07) is 8.13. The van der Waals surface area contributed by atoms with Crippen LogP contribution in [0.5, 0.6) is 0 Å². The number of hydrogen-bond donors (Lipinski definition) is 2. The monoisotopic (exact) mass is 260 g/mol. The highest BCUT2D eigenvalue weighted by Gasteiger charge is 2.26. The van der Waals surface area contributed by atoms with E-state index >= 15 is 0 Å². The number of carboxylic acid groups (broad SMARTS) is 1. The summed E-state index contributed by atoms with van der Waals surface area (Å²) in [4.78, 5) is 16.3. The summed E-state index contributed by atoms with van der Waals surface area (Å²) in [5, 5.41) is 10.2. The SMILES string of the molecule is O=C(O)C1CN(Cc2c[nH]c3ccccc23)CCO1. The Morgan fingerprint density at radius 2 is 2.32 bits per heavy atom. The maximum absolute atomic E-state index is 11.0. The molecule has 2 heterocycles. The van der Waals surface area contributed by atoms with Gasteiger partial charge in [-0.3, -0.25) is 4.90 Å². The number of aromatic amines is 1. The molecule has 1 aromatic carbocycles. The van der Waals surface area contributed by atoms with Crippen LogP contribution in [-0.2, 0) is 16.1 Å². The first-order valence-corrected chi connectivity index (χ1v) is 6.36. The van der Waals surface area contributed by atoms with Crippen LogP contribution >= 0.6 is 0 Å². The Bertz CT molecular complexity index is 593. The van der Waals surface area contributed by atoms with E-state index in [1.165, 1.54) is 10.9 Å². The zero-order valence-electron chi connectivity index (χ0n) is 10.5. The first-order valence-electron chi connectivity index (χ1n) is 6.36. The number of carboxylic acids is 1. The van der Waals surface area contributed by atoms with Crippen molar-refractivity contribution in [2.24, 2.45) is 0 Å². The third kappa shape index (κ3) is 2.47. The van der Waals surface area contributed by atoms with Gasteiger partial charge in [0.15, 0.2) is 6.10 Å². The van der Waals surface area contributed by atoms with E-state index in [-0.39, 0.29) is 0 Å². The molecule has 5 heteroatoms. The van der Waals surface area contributed by atoms with Gasteiger partial charge in [0, 0.05) is 36.7 Å². The number of aromatic nitrogens is 1. The van der Waals surface area contributed by atoms with Crippen LogP contribution < -0.4 is 0 Å². The van der Waals surface area contributed by atoms with Gasteiger partial charge in [-0.1, -0.05) is 18.2 Å². The number of benzene rings is 1. The molecular formula is C14H16N2O3. The highest BCUT2D eigenvalue weighted by atomic mass is 16.5. The van der Waals surface area contributed by atoms with E-state index in [1.807, 2.05) is 24.4 Å². The third-order valence-electron chi connectivity index (χ3n) is 3.49. The second-order valence-corrected chi connectivity index (χ2v) is 4.79. The number of rotatable bonds is 3. The Hall–Kier alpha value is -1.85.